The highest BCUT2D eigenvalue weighted by Crippen LogP contribution is 2.38. The van der Waals surface area contributed by atoms with Crippen LogP contribution in [0, 0.1) is 0 Å². The minimum atomic E-state index is -3.47. The van der Waals surface area contributed by atoms with E-state index in [0.717, 1.165) is 17.2 Å². The molecule has 2 fully saturated rings. The summed E-state index contributed by atoms with van der Waals surface area (Å²) in [6, 6.07) is 10.7. The molecule has 2 N–H and O–H groups in total. The predicted molar refractivity (Wildman–Crippen MR) is 113 cm³/mol. The summed E-state index contributed by atoms with van der Waals surface area (Å²) < 4.78 is 32.0. The third-order valence-corrected chi connectivity index (χ3v) is 6.85. The van der Waals surface area contributed by atoms with Crippen molar-refractivity contribution < 1.29 is 23.1 Å². The van der Waals surface area contributed by atoms with Crippen LogP contribution >= 0.6 is 0 Å². The Hall–Kier alpha value is -2.07. The van der Waals surface area contributed by atoms with Gasteiger partial charge in [-0.15, -0.1) is 0 Å². The monoisotopic (exact) mass is 433 g/mol. The molecule has 8 nitrogen and oxygen atoms in total. The van der Waals surface area contributed by atoms with Gasteiger partial charge in [-0.25, -0.2) is 18.1 Å². The van der Waals surface area contributed by atoms with Gasteiger partial charge in [-0.05, 0) is 38.3 Å². The van der Waals surface area contributed by atoms with Crippen molar-refractivity contribution >= 4 is 26.8 Å². The molecule has 4 rings (SSSR count). The van der Waals surface area contributed by atoms with E-state index in [-0.39, 0.29) is 12.5 Å². The lowest BCUT2D eigenvalue weighted by Crippen LogP contribution is -2.64. The Labute approximate surface area is 176 Å². The number of sulfonamides is 1. The zero-order valence-corrected chi connectivity index (χ0v) is 18.0. The highest BCUT2D eigenvalue weighted by molar-refractivity contribution is 7.88. The average Bonchev–Trinajstić information content (AvgIpc) is 2.70. The maximum absolute atomic E-state index is 13.0. The molecule has 0 aliphatic carbocycles. The molecule has 30 heavy (non-hydrogen) atoms. The average molecular weight is 434 g/mol. The molecule has 3 heterocycles. The quantitative estimate of drug-likeness (QED) is 0.755. The molecule has 2 atom stereocenters. The third kappa shape index (κ3) is 4.34. The maximum atomic E-state index is 13.0. The summed E-state index contributed by atoms with van der Waals surface area (Å²) in [6.07, 6.45) is 2.60. The van der Waals surface area contributed by atoms with E-state index in [0.29, 0.717) is 38.0 Å². The van der Waals surface area contributed by atoms with Crippen molar-refractivity contribution in [3.63, 3.8) is 0 Å². The molecule has 0 saturated carbocycles. The summed E-state index contributed by atoms with van der Waals surface area (Å²) in [5.41, 5.74) is -0.646. The van der Waals surface area contributed by atoms with Crippen LogP contribution in [0.25, 0.3) is 10.9 Å². The van der Waals surface area contributed by atoms with Crippen LogP contribution in [0.15, 0.2) is 36.4 Å². The number of para-hydroxylation sites is 1. The number of likely N-dealkylation sites (tertiary alicyclic amines) is 1. The van der Waals surface area contributed by atoms with Crippen LogP contribution in [0.1, 0.15) is 36.7 Å². The van der Waals surface area contributed by atoms with Gasteiger partial charge in [0.2, 0.25) is 10.0 Å². The number of aliphatic hydroxyl groups is 1. The number of ether oxygens (including phenoxy) is 1. The summed E-state index contributed by atoms with van der Waals surface area (Å²) in [7, 11) is -3.47. The Balaban J connectivity index is 1.45. The van der Waals surface area contributed by atoms with Crippen molar-refractivity contribution in [1.82, 2.24) is 14.6 Å². The van der Waals surface area contributed by atoms with E-state index < -0.39 is 27.3 Å². The van der Waals surface area contributed by atoms with Crippen LogP contribution in [-0.4, -0.2) is 72.5 Å². The molecule has 1 amide bonds. The molecule has 0 bridgehead atoms. The van der Waals surface area contributed by atoms with E-state index in [1.54, 1.807) is 17.9 Å². The van der Waals surface area contributed by atoms with Gasteiger partial charge in [-0.3, -0.25) is 4.79 Å². The zero-order chi connectivity index (χ0) is 21.6. The van der Waals surface area contributed by atoms with Gasteiger partial charge >= 0.3 is 0 Å². The van der Waals surface area contributed by atoms with Gasteiger partial charge < -0.3 is 14.7 Å². The number of aromatic nitrogens is 1. The van der Waals surface area contributed by atoms with E-state index in [1.807, 2.05) is 30.3 Å². The van der Waals surface area contributed by atoms with Gasteiger partial charge in [0.05, 0.1) is 30.0 Å². The Morgan fingerprint density at radius 3 is 2.63 bits per heavy atom. The van der Waals surface area contributed by atoms with Crippen LogP contribution in [-0.2, 0) is 14.8 Å². The third-order valence-electron chi connectivity index (χ3n) is 6.13. The van der Waals surface area contributed by atoms with E-state index in [2.05, 4.69) is 9.71 Å². The van der Waals surface area contributed by atoms with E-state index in [4.69, 9.17) is 4.74 Å². The summed E-state index contributed by atoms with van der Waals surface area (Å²) in [6.45, 7) is 2.59. The van der Waals surface area contributed by atoms with Gasteiger partial charge in [-0.2, -0.15) is 0 Å². The second-order valence-corrected chi connectivity index (χ2v) is 10.4. The standard InChI is InChI=1S/C21H27N3O5S/c1-20(26)14-29-21(13-18(20)23-30(2,27)28)9-11-24(12-10-21)19(25)17-8-7-15-5-3-4-6-16(15)22-17/h3-8,18,23,26H,9-14H2,1-2H3/t18-,20-/m0/s1. The smallest absolute Gasteiger partial charge is 0.272 e. The number of benzene rings is 1. The van der Waals surface area contributed by atoms with Crippen LogP contribution in [0.4, 0.5) is 0 Å². The van der Waals surface area contributed by atoms with Gasteiger partial charge in [0.15, 0.2) is 0 Å². The van der Waals surface area contributed by atoms with E-state index >= 15 is 0 Å². The second-order valence-electron chi connectivity index (χ2n) is 8.66. The fraction of sp³-hybridized carbons (Fsp3) is 0.524. The number of piperidine rings is 1. The minimum absolute atomic E-state index is 0.0420. The van der Waals surface area contributed by atoms with Gasteiger partial charge in [-0.1, -0.05) is 24.3 Å². The number of nitrogens with one attached hydrogen (secondary N) is 1. The number of amides is 1. The Kier molecular flexibility index (Phi) is 5.34. The van der Waals surface area contributed by atoms with Crippen molar-refractivity contribution in [2.45, 2.75) is 43.4 Å². The summed E-state index contributed by atoms with van der Waals surface area (Å²) in [5, 5.41) is 11.5. The largest absolute Gasteiger partial charge is 0.386 e. The summed E-state index contributed by atoms with van der Waals surface area (Å²) >= 11 is 0. The first kappa shape index (κ1) is 21.2. The second kappa shape index (κ2) is 7.56. The molecule has 1 aromatic heterocycles. The molecule has 2 aromatic rings. The SMILES string of the molecule is C[C@]1(O)COC2(CCN(C(=O)c3ccc4ccccc4n3)CC2)C[C@@H]1NS(C)(=O)=O. The number of hydrogen-bond donors (Lipinski definition) is 2. The number of hydrogen-bond acceptors (Lipinski definition) is 6. The molecule has 1 aromatic carbocycles. The lowest BCUT2D eigenvalue weighted by molar-refractivity contribution is -0.187. The highest BCUT2D eigenvalue weighted by atomic mass is 32.2. The number of nitrogens with zero attached hydrogens (tertiary/aromatic N) is 2. The number of carbonyl (C=O) groups excluding carboxylic acids is 1. The first-order valence-corrected chi connectivity index (χ1v) is 11.9. The Morgan fingerprint density at radius 2 is 1.93 bits per heavy atom. The first-order chi connectivity index (χ1) is 14.1. The molecule has 2 saturated heterocycles. The Bertz CT molecular complexity index is 1060. The molecule has 0 radical (unpaired) electrons. The van der Waals surface area contributed by atoms with Crippen molar-refractivity contribution in [3.8, 4) is 0 Å². The molecular formula is C21H27N3O5S. The Morgan fingerprint density at radius 1 is 1.23 bits per heavy atom. The lowest BCUT2D eigenvalue weighted by Gasteiger charge is -2.50. The maximum Gasteiger partial charge on any atom is 0.272 e. The number of rotatable bonds is 3. The van der Waals surface area contributed by atoms with Crippen LogP contribution < -0.4 is 4.72 Å². The van der Waals surface area contributed by atoms with Crippen molar-refractivity contribution in [2.24, 2.45) is 0 Å². The minimum Gasteiger partial charge on any atom is -0.386 e. The number of carbonyl (C=O) groups is 1. The van der Waals surface area contributed by atoms with Crippen LogP contribution in [0.5, 0.6) is 0 Å². The van der Waals surface area contributed by atoms with Crippen molar-refractivity contribution in [2.75, 3.05) is 26.0 Å². The topological polar surface area (TPSA) is 109 Å². The molecule has 162 valence electrons. The van der Waals surface area contributed by atoms with Crippen LogP contribution in [0.2, 0.25) is 0 Å². The first-order valence-electron chi connectivity index (χ1n) is 10.1. The van der Waals surface area contributed by atoms with Crippen molar-refractivity contribution in [3.05, 3.63) is 42.1 Å². The van der Waals surface area contributed by atoms with Gasteiger partial charge in [0.1, 0.15) is 11.3 Å². The fourth-order valence-electron chi connectivity index (χ4n) is 4.29. The summed E-state index contributed by atoms with van der Waals surface area (Å²) in [4.78, 5) is 19.2. The molecule has 9 heteroatoms. The molecular weight excluding hydrogens is 406 g/mol. The lowest BCUT2D eigenvalue weighted by atomic mass is 9.78. The predicted octanol–water partition coefficient (Wildman–Crippen LogP) is 1.30. The summed E-state index contributed by atoms with van der Waals surface area (Å²) in [5.74, 6) is -0.121. The molecule has 0 unspecified atom stereocenters. The van der Waals surface area contributed by atoms with Gasteiger partial charge in [0, 0.05) is 18.5 Å². The van der Waals surface area contributed by atoms with E-state index in [9.17, 15) is 18.3 Å². The fourth-order valence-corrected chi connectivity index (χ4v) is 5.14. The number of pyridine rings is 1. The molecule has 2 aliphatic rings. The molecule has 1 spiro atoms. The molecule has 2 aliphatic heterocycles. The number of fused-ring (bicyclic) bond motifs is 1. The van der Waals surface area contributed by atoms with Crippen LogP contribution in [0.3, 0.4) is 0 Å². The highest BCUT2D eigenvalue weighted by Gasteiger charge is 2.49. The zero-order valence-electron chi connectivity index (χ0n) is 17.2. The van der Waals surface area contributed by atoms with Gasteiger partial charge in [0.25, 0.3) is 5.91 Å². The van der Waals surface area contributed by atoms with Crippen molar-refractivity contribution in [1.29, 1.82) is 0 Å². The normalized spacial score (nSPS) is 26.8. The van der Waals surface area contributed by atoms with E-state index in [1.165, 1.54) is 0 Å².